The third kappa shape index (κ3) is 6.61. The van der Waals surface area contributed by atoms with Crippen molar-refractivity contribution in [2.45, 2.75) is 44.0 Å². The molecule has 2 atom stereocenters. The highest BCUT2D eigenvalue weighted by Crippen LogP contribution is 2.39. The fourth-order valence-corrected chi connectivity index (χ4v) is 3.93. The van der Waals surface area contributed by atoms with Gasteiger partial charge in [0, 0.05) is 25.0 Å². The van der Waals surface area contributed by atoms with Crippen LogP contribution in [0.15, 0.2) is 66.9 Å². The highest BCUT2D eigenvalue weighted by molar-refractivity contribution is 5.80. The van der Waals surface area contributed by atoms with E-state index in [-0.39, 0.29) is 30.1 Å². The zero-order chi connectivity index (χ0) is 25.8. The van der Waals surface area contributed by atoms with E-state index in [1.54, 1.807) is 18.2 Å². The number of alkyl halides is 6. The van der Waals surface area contributed by atoms with Crippen molar-refractivity contribution in [2.75, 3.05) is 7.11 Å². The van der Waals surface area contributed by atoms with Gasteiger partial charge in [-0.15, -0.1) is 0 Å². The fraction of sp³-hybridized carbons (Fsp3) is 0.308. The molecule has 9 heteroatoms. The van der Waals surface area contributed by atoms with Gasteiger partial charge < -0.3 is 4.74 Å². The minimum Gasteiger partial charge on any atom is -0.497 e. The second-order valence-corrected chi connectivity index (χ2v) is 8.23. The molecular weight excluding hydrogens is 472 g/mol. The van der Waals surface area contributed by atoms with Crippen LogP contribution in [0.1, 0.15) is 59.5 Å². The number of halogens is 6. The lowest BCUT2D eigenvalue weighted by molar-refractivity contribution is -0.139. The van der Waals surface area contributed by atoms with E-state index in [2.05, 4.69) is 4.98 Å². The second kappa shape index (κ2) is 10.5. The molecule has 0 spiro atoms. The number of carbonyl (C=O) groups is 1. The number of hydrogen-bond acceptors (Lipinski definition) is 3. The molecule has 0 unspecified atom stereocenters. The molecule has 35 heavy (non-hydrogen) atoms. The molecule has 186 valence electrons. The van der Waals surface area contributed by atoms with Crippen molar-refractivity contribution in [1.29, 1.82) is 0 Å². The number of Topliss-reactive ketones (excluding diaryl/α,β-unsaturated/α-hetero) is 1. The van der Waals surface area contributed by atoms with E-state index in [1.807, 2.05) is 13.0 Å². The van der Waals surface area contributed by atoms with Gasteiger partial charge in [0.2, 0.25) is 0 Å². The summed E-state index contributed by atoms with van der Waals surface area (Å²) in [6.45, 7) is 1.81. The Morgan fingerprint density at radius 2 is 1.57 bits per heavy atom. The third-order valence-electron chi connectivity index (χ3n) is 5.74. The maximum atomic E-state index is 13.7. The van der Waals surface area contributed by atoms with Crippen molar-refractivity contribution in [3.63, 3.8) is 0 Å². The van der Waals surface area contributed by atoms with Crippen LogP contribution in [0, 0.1) is 0 Å². The molecule has 0 aliphatic carbocycles. The molecule has 2 aromatic carbocycles. The molecule has 0 amide bonds. The smallest absolute Gasteiger partial charge is 0.418 e. The zero-order valence-corrected chi connectivity index (χ0v) is 19.0. The predicted octanol–water partition coefficient (Wildman–Crippen LogP) is 7.41. The van der Waals surface area contributed by atoms with Crippen molar-refractivity contribution >= 4 is 5.78 Å². The molecule has 1 aromatic heterocycles. The lowest BCUT2D eigenvalue weighted by Crippen LogP contribution is -2.18. The van der Waals surface area contributed by atoms with Crippen LogP contribution in [0.3, 0.4) is 0 Å². The number of aromatic nitrogens is 1. The van der Waals surface area contributed by atoms with Crippen LogP contribution >= 0.6 is 0 Å². The number of nitrogens with zero attached hydrogens (tertiary/aromatic N) is 1. The highest BCUT2D eigenvalue weighted by atomic mass is 19.4. The molecule has 3 nitrogen and oxygen atoms in total. The monoisotopic (exact) mass is 495 g/mol. The molecule has 0 N–H and O–H groups in total. The molecule has 1 heterocycles. The number of hydrogen-bond donors (Lipinski definition) is 0. The summed E-state index contributed by atoms with van der Waals surface area (Å²) in [6.07, 6.45) is -8.49. The molecular formula is C26H23F6NO2. The summed E-state index contributed by atoms with van der Waals surface area (Å²) in [4.78, 5) is 16.9. The van der Waals surface area contributed by atoms with Crippen molar-refractivity contribution in [3.8, 4) is 5.75 Å². The highest BCUT2D eigenvalue weighted by Gasteiger charge is 2.37. The number of benzene rings is 2. The van der Waals surface area contributed by atoms with Gasteiger partial charge in [0.05, 0.1) is 23.9 Å². The van der Waals surface area contributed by atoms with E-state index in [0.717, 1.165) is 42.0 Å². The molecule has 0 aliphatic rings. The Labute approximate surface area is 198 Å². The average Bonchev–Trinajstić information content (AvgIpc) is 2.81. The summed E-state index contributed by atoms with van der Waals surface area (Å²) < 4.78 is 85.3. The molecule has 0 radical (unpaired) electrons. The average molecular weight is 495 g/mol. The van der Waals surface area contributed by atoms with Crippen LogP contribution < -0.4 is 4.74 Å². The Hall–Kier alpha value is -3.36. The minimum absolute atomic E-state index is 0.0263. The van der Waals surface area contributed by atoms with Crippen molar-refractivity contribution < 1.29 is 35.9 Å². The summed E-state index contributed by atoms with van der Waals surface area (Å²) in [5.74, 6) is -1.16. The summed E-state index contributed by atoms with van der Waals surface area (Å²) in [6, 6.07) is 12.9. The van der Waals surface area contributed by atoms with Gasteiger partial charge in [-0.1, -0.05) is 31.2 Å². The summed E-state index contributed by atoms with van der Waals surface area (Å²) in [5, 5.41) is 0. The Bertz CT molecular complexity index is 1160. The van der Waals surface area contributed by atoms with E-state index in [4.69, 9.17) is 4.74 Å². The number of methoxy groups -OCH3 is 1. The van der Waals surface area contributed by atoms with Gasteiger partial charge in [0.25, 0.3) is 0 Å². The van der Waals surface area contributed by atoms with Crippen LogP contribution in [0.2, 0.25) is 0 Å². The van der Waals surface area contributed by atoms with Crippen LogP contribution in [-0.2, 0) is 17.1 Å². The lowest BCUT2D eigenvalue weighted by atomic mass is 9.85. The quantitative estimate of drug-likeness (QED) is 0.306. The van der Waals surface area contributed by atoms with Gasteiger partial charge in [-0.3, -0.25) is 9.78 Å². The van der Waals surface area contributed by atoms with Crippen LogP contribution in [0.5, 0.6) is 5.75 Å². The Morgan fingerprint density at radius 1 is 0.886 bits per heavy atom. The van der Waals surface area contributed by atoms with Crippen molar-refractivity contribution in [3.05, 3.63) is 94.8 Å². The first-order valence-corrected chi connectivity index (χ1v) is 10.7. The first kappa shape index (κ1) is 26.2. The molecule has 0 saturated carbocycles. The molecule has 0 fully saturated rings. The van der Waals surface area contributed by atoms with E-state index in [9.17, 15) is 31.1 Å². The number of pyridine rings is 1. The summed E-state index contributed by atoms with van der Waals surface area (Å²) in [7, 11) is 1.51. The van der Waals surface area contributed by atoms with Crippen LogP contribution in [-0.4, -0.2) is 17.9 Å². The van der Waals surface area contributed by atoms with Gasteiger partial charge in [-0.2, -0.15) is 26.3 Å². The van der Waals surface area contributed by atoms with Crippen LogP contribution in [0.4, 0.5) is 26.3 Å². The van der Waals surface area contributed by atoms with Crippen LogP contribution in [0.25, 0.3) is 0 Å². The van der Waals surface area contributed by atoms with Gasteiger partial charge in [-0.05, 0) is 53.4 Å². The Kier molecular flexibility index (Phi) is 7.87. The number of ether oxygens (including phenoxy) is 1. The normalized spacial score (nSPS) is 13.8. The summed E-state index contributed by atoms with van der Waals surface area (Å²) >= 11 is 0. The molecule has 3 rings (SSSR count). The van der Waals surface area contributed by atoms with Gasteiger partial charge in [0.15, 0.2) is 0 Å². The number of ketones is 1. The van der Waals surface area contributed by atoms with Crippen molar-refractivity contribution in [2.24, 2.45) is 0 Å². The SMILES string of the molecule is COc1cccc([C@@H](C)CC(=O)C[C@@H](c2ccc(C(F)(F)F)cc2)c2ncccc2C(F)(F)F)c1. The van der Waals surface area contributed by atoms with Crippen molar-refractivity contribution in [1.82, 2.24) is 4.98 Å². The number of rotatable bonds is 8. The van der Waals surface area contributed by atoms with Gasteiger partial charge in [0.1, 0.15) is 11.5 Å². The number of carbonyl (C=O) groups excluding carboxylic acids is 1. The van der Waals surface area contributed by atoms with E-state index < -0.39 is 35.1 Å². The molecule has 0 saturated heterocycles. The lowest BCUT2D eigenvalue weighted by Gasteiger charge is -2.22. The fourth-order valence-electron chi connectivity index (χ4n) is 3.93. The molecule has 3 aromatic rings. The minimum atomic E-state index is -4.75. The Balaban J connectivity index is 1.94. The third-order valence-corrected chi connectivity index (χ3v) is 5.74. The molecule has 0 bridgehead atoms. The largest absolute Gasteiger partial charge is 0.497 e. The second-order valence-electron chi connectivity index (χ2n) is 8.23. The van der Waals surface area contributed by atoms with E-state index in [1.165, 1.54) is 13.3 Å². The summed E-state index contributed by atoms with van der Waals surface area (Å²) in [5.41, 5.74) is -1.40. The first-order valence-electron chi connectivity index (χ1n) is 10.7. The standard InChI is InChI=1S/C26H23F6NO2/c1-16(18-5-3-6-21(14-18)35-2)13-20(34)15-22(17-8-10-19(11-9-17)25(27,28)29)24-23(26(30,31)32)7-4-12-33-24/h3-12,14,16,22H,13,15H2,1-2H3/t16-,22-/m0/s1. The molecule has 0 aliphatic heterocycles. The predicted molar refractivity (Wildman–Crippen MR) is 118 cm³/mol. The maximum absolute atomic E-state index is 13.7. The Morgan fingerprint density at radius 3 is 2.17 bits per heavy atom. The topological polar surface area (TPSA) is 39.2 Å². The van der Waals surface area contributed by atoms with E-state index >= 15 is 0 Å². The van der Waals surface area contributed by atoms with Gasteiger partial charge in [-0.25, -0.2) is 0 Å². The first-order chi connectivity index (χ1) is 16.4. The van der Waals surface area contributed by atoms with Gasteiger partial charge >= 0.3 is 12.4 Å². The van der Waals surface area contributed by atoms with E-state index in [0.29, 0.717) is 5.75 Å². The maximum Gasteiger partial charge on any atom is 0.418 e. The zero-order valence-electron chi connectivity index (χ0n) is 19.0.